The Bertz CT molecular complexity index is 539. The molecule has 18 heavy (non-hydrogen) atoms. The molecule has 0 N–H and O–H groups in total. The molecule has 8 heteroatoms. The lowest BCUT2D eigenvalue weighted by Crippen LogP contribution is -2.17. The maximum atomic E-state index is 11.4. The van der Waals surface area contributed by atoms with E-state index in [9.17, 15) is 4.79 Å². The smallest absolute Gasteiger partial charge is 0.327 e. The molecule has 0 unspecified atom stereocenters. The number of halogens is 1. The molecule has 0 aromatic carbocycles. The zero-order valence-electron chi connectivity index (χ0n) is 9.67. The maximum Gasteiger partial charge on any atom is 0.327 e. The summed E-state index contributed by atoms with van der Waals surface area (Å²) in [6, 6.07) is 1.86. The van der Waals surface area contributed by atoms with Crippen LogP contribution in [0.4, 0.5) is 0 Å². The van der Waals surface area contributed by atoms with Gasteiger partial charge in [0.05, 0.1) is 10.9 Å². The summed E-state index contributed by atoms with van der Waals surface area (Å²) in [7, 11) is 0. The Morgan fingerprint density at radius 3 is 3.11 bits per heavy atom. The summed E-state index contributed by atoms with van der Waals surface area (Å²) in [6.45, 7) is 2.12. The molecule has 0 radical (unpaired) electrons. The van der Waals surface area contributed by atoms with E-state index in [0.29, 0.717) is 18.9 Å². The minimum absolute atomic E-state index is 0.0219. The first-order valence-electron chi connectivity index (χ1n) is 5.32. The van der Waals surface area contributed by atoms with Crippen molar-refractivity contribution in [3.63, 3.8) is 0 Å². The standard InChI is InChI=1S/C10H11ClN4O2S/c1-2-17-10(16)5-15-9(12-13-14-15)4-7-3-8(11)18-6-7/h3,6H,2,4-5H2,1H3. The second kappa shape index (κ2) is 5.92. The molecule has 96 valence electrons. The van der Waals surface area contributed by atoms with E-state index in [4.69, 9.17) is 16.3 Å². The summed E-state index contributed by atoms with van der Waals surface area (Å²) in [5.74, 6) is 0.256. The van der Waals surface area contributed by atoms with Gasteiger partial charge >= 0.3 is 5.97 Å². The zero-order chi connectivity index (χ0) is 13.0. The Hall–Kier alpha value is -1.47. The van der Waals surface area contributed by atoms with Crippen LogP contribution in [0.15, 0.2) is 11.4 Å². The van der Waals surface area contributed by atoms with Gasteiger partial charge in [0, 0.05) is 6.42 Å². The molecule has 0 atom stereocenters. The van der Waals surface area contributed by atoms with Crippen LogP contribution in [0.1, 0.15) is 18.3 Å². The van der Waals surface area contributed by atoms with Gasteiger partial charge < -0.3 is 4.74 Å². The Labute approximate surface area is 113 Å². The van der Waals surface area contributed by atoms with Gasteiger partial charge in [0.15, 0.2) is 5.82 Å². The van der Waals surface area contributed by atoms with Gasteiger partial charge in [0.1, 0.15) is 6.54 Å². The molecule has 0 spiro atoms. The van der Waals surface area contributed by atoms with Gasteiger partial charge in [0.2, 0.25) is 0 Å². The predicted molar refractivity (Wildman–Crippen MR) is 66.6 cm³/mol. The third kappa shape index (κ3) is 3.27. The minimum Gasteiger partial charge on any atom is -0.465 e. The number of hydrogen-bond acceptors (Lipinski definition) is 6. The first kappa shape index (κ1) is 13.0. The zero-order valence-corrected chi connectivity index (χ0v) is 11.2. The van der Waals surface area contributed by atoms with Crippen LogP contribution in [0, 0.1) is 0 Å². The molecule has 2 aromatic heterocycles. The van der Waals surface area contributed by atoms with E-state index >= 15 is 0 Å². The normalized spacial score (nSPS) is 10.6. The van der Waals surface area contributed by atoms with Crippen molar-refractivity contribution in [1.82, 2.24) is 20.2 Å². The Morgan fingerprint density at radius 1 is 1.61 bits per heavy atom. The molecule has 6 nitrogen and oxygen atoms in total. The van der Waals surface area contributed by atoms with E-state index in [0.717, 1.165) is 9.90 Å². The molecule has 0 saturated carbocycles. The summed E-state index contributed by atoms with van der Waals surface area (Å²) in [5, 5.41) is 13.2. The predicted octanol–water partition coefficient (Wildman–Crippen LogP) is 1.54. The van der Waals surface area contributed by atoms with Crippen LogP contribution in [0.25, 0.3) is 0 Å². The average Bonchev–Trinajstić information content (AvgIpc) is 2.90. The number of rotatable bonds is 5. The van der Waals surface area contributed by atoms with Gasteiger partial charge in [-0.05, 0) is 34.4 Å². The van der Waals surface area contributed by atoms with Crippen molar-refractivity contribution in [2.45, 2.75) is 19.9 Å². The van der Waals surface area contributed by atoms with E-state index in [1.165, 1.54) is 16.0 Å². The summed E-state index contributed by atoms with van der Waals surface area (Å²) < 4.78 is 7.00. The fourth-order valence-electron chi connectivity index (χ4n) is 1.42. The summed E-state index contributed by atoms with van der Waals surface area (Å²) in [5.41, 5.74) is 1.02. The fraction of sp³-hybridized carbons (Fsp3) is 0.400. The molecular formula is C10H11ClN4O2S. The average molecular weight is 287 g/mol. The van der Waals surface area contributed by atoms with Crippen molar-refractivity contribution >= 4 is 28.9 Å². The number of tetrazole rings is 1. The van der Waals surface area contributed by atoms with Crippen LogP contribution in [0.3, 0.4) is 0 Å². The fourth-order valence-corrected chi connectivity index (χ4v) is 2.33. The maximum absolute atomic E-state index is 11.4. The molecule has 2 heterocycles. The molecule has 0 saturated heterocycles. The largest absolute Gasteiger partial charge is 0.465 e. The quantitative estimate of drug-likeness (QED) is 0.780. The monoisotopic (exact) mass is 286 g/mol. The van der Waals surface area contributed by atoms with Gasteiger partial charge in [0.25, 0.3) is 0 Å². The first-order valence-corrected chi connectivity index (χ1v) is 6.58. The molecule has 2 rings (SSSR count). The second-order valence-electron chi connectivity index (χ2n) is 3.49. The van der Waals surface area contributed by atoms with E-state index < -0.39 is 0 Å². The topological polar surface area (TPSA) is 69.9 Å². The van der Waals surface area contributed by atoms with Crippen molar-refractivity contribution in [3.8, 4) is 0 Å². The van der Waals surface area contributed by atoms with Crippen LogP contribution >= 0.6 is 22.9 Å². The summed E-state index contributed by atoms with van der Waals surface area (Å²) in [4.78, 5) is 11.4. The molecule has 2 aromatic rings. The number of carbonyl (C=O) groups is 1. The highest BCUT2D eigenvalue weighted by Gasteiger charge is 2.12. The molecule has 0 aliphatic heterocycles. The van der Waals surface area contributed by atoms with E-state index in [2.05, 4.69) is 15.5 Å². The van der Waals surface area contributed by atoms with Crippen LogP contribution in [-0.2, 0) is 22.5 Å². The molecule has 0 aliphatic rings. The SMILES string of the molecule is CCOC(=O)Cn1nnnc1Cc1csc(Cl)c1. The lowest BCUT2D eigenvalue weighted by Gasteiger charge is -2.03. The number of carbonyl (C=O) groups excluding carboxylic acids is 1. The van der Waals surface area contributed by atoms with Gasteiger partial charge in [-0.1, -0.05) is 11.6 Å². The Morgan fingerprint density at radius 2 is 2.44 bits per heavy atom. The highest BCUT2D eigenvalue weighted by Crippen LogP contribution is 2.21. The number of esters is 1. The molecule has 0 fully saturated rings. The van der Waals surface area contributed by atoms with Crippen molar-refractivity contribution in [2.75, 3.05) is 6.61 Å². The minimum atomic E-state index is -0.352. The van der Waals surface area contributed by atoms with E-state index in [-0.39, 0.29) is 12.5 Å². The van der Waals surface area contributed by atoms with Crippen molar-refractivity contribution in [3.05, 3.63) is 27.2 Å². The Balaban J connectivity index is 2.05. The number of aromatic nitrogens is 4. The van der Waals surface area contributed by atoms with Gasteiger partial charge in [-0.25, -0.2) is 4.68 Å². The molecule has 0 amide bonds. The Kier molecular flexibility index (Phi) is 4.27. The van der Waals surface area contributed by atoms with Crippen molar-refractivity contribution in [1.29, 1.82) is 0 Å². The lowest BCUT2D eigenvalue weighted by atomic mass is 10.2. The van der Waals surface area contributed by atoms with Gasteiger partial charge in [-0.15, -0.1) is 16.4 Å². The number of ether oxygens (including phenoxy) is 1. The van der Waals surface area contributed by atoms with Crippen molar-refractivity contribution < 1.29 is 9.53 Å². The second-order valence-corrected chi connectivity index (χ2v) is 5.04. The van der Waals surface area contributed by atoms with Gasteiger partial charge in [-0.3, -0.25) is 4.79 Å². The molecular weight excluding hydrogens is 276 g/mol. The first-order chi connectivity index (χ1) is 8.69. The lowest BCUT2D eigenvalue weighted by molar-refractivity contribution is -0.144. The van der Waals surface area contributed by atoms with Crippen molar-refractivity contribution in [2.24, 2.45) is 0 Å². The van der Waals surface area contributed by atoms with Crippen LogP contribution in [0.2, 0.25) is 4.34 Å². The van der Waals surface area contributed by atoms with Crippen LogP contribution < -0.4 is 0 Å². The highest BCUT2D eigenvalue weighted by molar-refractivity contribution is 7.14. The van der Waals surface area contributed by atoms with Crippen LogP contribution in [0.5, 0.6) is 0 Å². The van der Waals surface area contributed by atoms with Crippen LogP contribution in [-0.4, -0.2) is 32.8 Å². The number of thiophene rings is 1. The molecule has 0 aliphatic carbocycles. The van der Waals surface area contributed by atoms with E-state index in [1.807, 2.05) is 11.4 Å². The summed E-state index contributed by atoms with van der Waals surface area (Å²) in [6.07, 6.45) is 0.537. The molecule has 0 bridgehead atoms. The van der Waals surface area contributed by atoms with E-state index in [1.54, 1.807) is 6.92 Å². The summed E-state index contributed by atoms with van der Waals surface area (Å²) >= 11 is 7.30. The third-order valence-corrected chi connectivity index (χ3v) is 3.31. The van der Waals surface area contributed by atoms with Gasteiger partial charge in [-0.2, -0.15) is 0 Å². The number of hydrogen-bond donors (Lipinski definition) is 0. The number of nitrogens with zero attached hydrogens (tertiary/aromatic N) is 4. The highest BCUT2D eigenvalue weighted by atomic mass is 35.5. The third-order valence-electron chi connectivity index (χ3n) is 2.17.